The third-order valence-corrected chi connectivity index (χ3v) is 3.67. The van der Waals surface area contributed by atoms with Crippen LogP contribution in [-0.4, -0.2) is 38.9 Å². The number of nitrogens with two attached hydrogens (primary N) is 1. The first-order valence-electron chi connectivity index (χ1n) is 5.85. The van der Waals surface area contributed by atoms with Crippen LogP contribution >= 0.6 is 11.6 Å². The highest BCUT2D eigenvalue weighted by molar-refractivity contribution is 6.18. The Kier molecular flexibility index (Phi) is 4.07. The van der Waals surface area contributed by atoms with Crippen LogP contribution in [0.1, 0.15) is 19.1 Å². The topological polar surface area (TPSA) is 90.4 Å². The van der Waals surface area contributed by atoms with Gasteiger partial charge in [-0.25, -0.2) is 9.18 Å². The van der Waals surface area contributed by atoms with Gasteiger partial charge in [0.15, 0.2) is 6.23 Å². The minimum Gasteiger partial charge on any atom is -0.396 e. The number of alkyl halides is 2. The summed E-state index contributed by atoms with van der Waals surface area (Å²) in [5.41, 5.74) is 3.74. The van der Waals surface area contributed by atoms with E-state index < -0.39 is 23.7 Å². The second kappa shape index (κ2) is 5.44. The van der Waals surface area contributed by atoms with Crippen molar-refractivity contribution in [2.75, 3.05) is 18.2 Å². The molecule has 1 aromatic rings. The van der Waals surface area contributed by atoms with Gasteiger partial charge in [-0.1, -0.05) is 0 Å². The number of aliphatic hydroxyl groups excluding tert-OH is 1. The average Bonchev–Trinajstić information content (AvgIpc) is 2.68. The van der Waals surface area contributed by atoms with Gasteiger partial charge >= 0.3 is 5.69 Å². The molecular formula is C11H15ClFN3O3. The molecule has 6 nitrogen and oxygen atoms in total. The summed E-state index contributed by atoms with van der Waals surface area (Å²) in [7, 11) is 0. The lowest BCUT2D eigenvalue weighted by Crippen LogP contribution is -2.34. The molecule has 2 rings (SSSR count). The van der Waals surface area contributed by atoms with Crippen LogP contribution < -0.4 is 11.4 Å². The third-order valence-electron chi connectivity index (χ3n) is 3.18. The van der Waals surface area contributed by atoms with Crippen molar-refractivity contribution in [3.8, 4) is 0 Å². The summed E-state index contributed by atoms with van der Waals surface area (Å²) in [4.78, 5) is 15.2. The number of anilines is 1. The van der Waals surface area contributed by atoms with Gasteiger partial charge in [0.05, 0.1) is 11.5 Å². The quantitative estimate of drug-likeness (QED) is 0.786. The molecule has 106 valence electrons. The summed E-state index contributed by atoms with van der Waals surface area (Å²) in [6.07, 6.45) is -0.909. The SMILES string of the molecule is Nc1ccn(C2O[C@](CCl)(CCO)C[C@@H]2F)c(=O)n1. The number of nitrogens with zero attached hydrogens (tertiary/aromatic N) is 2. The van der Waals surface area contributed by atoms with Crippen molar-refractivity contribution in [3.63, 3.8) is 0 Å². The van der Waals surface area contributed by atoms with E-state index in [-0.39, 0.29) is 31.1 Å². The van der Waals surface area contributed by atoms with Crippen LogP contribution in [0.3, 0.4) is 0 Å². The predicted octanol–water partition coefficient (Wildman–Crippen LogP) is 0.443. The van der Waals surface area contributed by atoms with E-state index in [1.54, 1.807) is 0 Å². The Hall–Kier alpha value is -1.18. The van der Waals surface area contributed by atoms with Crippen molar-refractivity contribution >= 4 is 17.4 Å². The molecule has 1 aromatic heterocycles. The average molecular weight is 292 g/mol. The zero-order valence-electron chi connectivity index (χ0n) is 10.1. The summed E-state index contributed by atoms with van der Waals surface area (Å²) in [6, 6.07) is 1.39. The molecule has 1 unspecified atom stereocenters. The Bertz CT molecular complexity index is 512. The Morgan fingerprint density at radius 1 is 1.74 bits per heavy atom. The van der Waals surface area contributed by atoms with Crippen LogP contribution in [0, 0.1) is 0 Å². The molecular weight excluding hydrogens is 277 g/mol. The molecule has 0 bridgehead atoms. The van der Waals surface area contributed by atoms with Crippen LogP contribution in [0.5, 0.6) is 0 Å². The number of rotatable bonds is 4. The summed E-state index contributed by atoms with van der Waals surface area (Å²) in [5, 5.41) is 9.00. The first kappa shape index (κ1) is 14.2. The van der Waals surface area contributed by atoms with E-state index in [9.17, 15) is 9.18 Å². The first-order chi connectivity index (χ1) is 9.01. The van der Waals surface area contributed by atoms with Gasteiger partial charge in [-0.2, -0.15) is 4.98 Å². The number of hydrogen-bond acceptors (Lipinski definition) is 5. The van der Waals surface area contributed by atoms with Crippen molar-refractivity contribution in [1.29, 1.82) is 0 Å². The number of ether oxygens (including phenoxy) is 1. The van der Waals surface area contributed by atoms with Crippen LogP contribution in [0.4, 0.5) is 10.2 Å². The minimum absolute atomic E-state index is 0.0263. The summed E-state index contributed by atoms with van der Waals surface area (Å²) < 4.78 is 20.7. The van der Waals surface area contributed by atoms with Gasteiger partial charge in [0.25, 0.3) is 0 Å². The van der Waals surface area contributed by atoms with Crippen molar-refractivity contribution in [2.45, 2.75) is 30.8 Å². The number of halogens is 2. The maximum Gasteiger partial charge on any atom is 0.351 e. The summed E-state index contributed by atoms with van der Waals surface area (Å²) >= 11 is 5.80. The van der Waals surface area contributed by atoms with E-state index in [1.165, 1.54) is 12.3 Å². The molecule has 3 N–H and O–H groups in total. The molecule has 1 aliphatic heterocycles. The van der Waals surface area contributed by atoms with Gasteiger partial charge in [-0.05, 0) is 6.07 Å². The van der Waals surface area contributed by atoms with Gasteiger partial charge in [0.2, 0.25) is 0 Å². The first-order valence-corrected chi connectivity index (χ1v) is 6.38. The molecule has 19 heavy (non-hydrogen) atoms. The lowest BCUT2D eigenvalue weighted by molar-refractivity contribution is -0.0798. The standard InChI is InChI=1S/C11H15ClFN3O3/c12-6-11(2-4-17)5-7(13)9(19-11)16-3-1-8(14)15-10(16)18/h1,3,7,9,17H,2,4-6H2,(H2,14,15,18)/t7-,9?,11+/m0/s1. The van der Waals surface area contributed by atoms with Crippen molar-refractivity contribution in [1.82, 2.24) is 9.55 Å². The van der Waals surface area contributed by atoms with Crippen LogP contribution in [-0.2, 0) is 4.74 Å². The van der Waals surface area contributed by atoms with Gasteiger partial charge < -0.3 is 15.6 Å². The maximum atomic E-state index is 14.1. The van der Waals surface area contributed by atoms with Gasteiger partial charge in [0.1, 0.15) is 12.0 Å². The Morgan fingerprint density at radius 2 is 2.47 bits per heavy atom. The minimum atomic E-state index is -1.39. The lowest BCUT2D eigenvalue weighted by Gasteiger charge is -2.26. The maximum absolute atomic E-state index is 14.1. The number of hydrogen-bond donors (Lipinski definition) is 2. The van der Waals surface area contributed by atoms with Crippen molar-refractivity contribution in [2.24, 2.45) is 0 Å². The van der Waals surface area contributed by atoms with Crippen LogP contribution in [0.25, 0.3) is 0 Å². The van der Waals surface area contributed by atoms with Gasteiger partial charge in [0, 0.05) is 25.6 Å². The van der Waals surface area contributed by atoms with E-state index in [2.05, 4.69) is 4.98 Å². The van der Waals surface area contributed by atoms with E-state index in [1.807, 2.05) is 0 Å². The fourth-order valence-electron chi connectivity index (χ4n) is 2.20. The Morgan fingerprint density at radius 3 is 3.05 bits per heavy atom. The second-order valence-corrected chi connectivity index (χ2v) is 4.83. The van der Waals surface area contributed by atoms with E-state index in [0.29, 0.717) is 0 Å². The molecule has 3 atom stereocenters. The molecule has 0 aromatic carbocycles. The monoisotopic (exact) mass is 291 g/mol. The summed E-state index contributed by atoms with van der Waals surface area (Å²) in [5.74, 6) is 0.107. The molecule has 0 aliphatic carbocycles. The van der Waals surface area contributed by atoms with Gasteiger partial charge in [-0.3, -0.25) is 4.57 Å². The molecule has 0 saturated carbocycles. The zero-order valence-corrected chi connectivity index (χ0v) is 10.9. The van der Waals surface area contributed by atoms with Gasteiger partial charge in [-0.15, -0.1) is 11.6 Å². The van der Waals surface area contributed by atoms with Crippen LogP contribution in [0.2, 0.25) is 0 Å². The molecule has 0 radical (unpaired) electrons. The van der Waals surface area contributed by atoms with Crippen LogP contribution in [0.15, 0.2) is 17.1 Å². The molecule has 0 amide bonds. The molecule has 0 spiro atoms. The molecule has 1 aliphatic rings. The molecule has 2 heterocycles. The third kappa shape index (κ3) is 2.72. The van der Waals surface area contributed by atoms with Crippen molar-refractivity contribution in [3.05, 3.63) is 22.7 Å². The molecule has 1 fully saturated rings. The Balaban J connectivity index is 2.29. The molecule has 8 heteroatoms. The van der Waals surface area contributed by atoms with E-state index in [0.717, 1.165) is 4.57 Å². The van der Waals surface area contributed by atoms with Crippen molar-refractivity contribution < 1.29 is 14.2 Å². The molecule has 1 saturated heterocycles. The highest BCUT2D eigenvalue weighted by Gasteiger charge is 2.47. The Labute approximate surface area is 114 Å². The van der Waals surface area contributed by atoms with E-state index >= 15 is 0 Å². The largest absolute Gasteiger partial charge is 0.396 e. The number of aromatic nitrogens is 2. The highest BCUT2D eigenvalue weighted by Crippen LogP contribution is 2.40. The summed E-state index contributed by atoms with van der Waals surface area (Å²) in [6.45, 7) is -0.166. The number of nitrogen functional groups attached to an aromatic ring is 1. The smallest absolute Gasteiger partial charge is 0.351 e. The van der Waals surface area contributed by atoms with E-state index in [4.69, 9.17) is 27.2 Å². The fourth-order valence-corrected chi connectivity index (χ4v) is 2.51. The second-order valence-electron chi connectivity index (χ2n) is 4.56. The predicted molar refractivity (Wildman–Crippen MR) is 67.7 cm³/mol. The zero-order chi connectivity index (χ0) is 14.0. The fraction of sp³-hybridized carbons (Fsp3) is 0.636. The lowest BCUT2D eigenvalue weighted by atomic mass is 9.98. The number of aliphatic hydroxyl groups is 1. The normalized spacial score (nSPS) is 30.7. The highest BCUT2D eigenvalue weighted by atomic mass is 35.5.